The van der Waals surface area contributed by atoms with Gasteiger partial charge in [-0.15, -0.1) is 0 Å². The second-order valence-corrected chi connectivity index (χ2v) is 9.91. The third-order valence-corrected chi connectivity index (χ3v) is 6.94. The van der Waals surface area contributed by atoms with E-state index >= 15 is 0 Å². The summed E-state index contributed by atoms with van der Waals surface area (Å²) >= 11 is 5.84. The number of hydrogen-bond acceptors (Lipinski definition) is 4. The topological polar surface area (TPSA) is 95.6 Å². The van der Waals surface area contributed by atoms with E-state index in [1.165, 1.54) is 12.1 Å². The Bertz CT molecular complexity index is 1260. The zero-order valence-electron chi connectivity index (χ0n) is 17.6. The van der Waals surface area contributed by atoms with E-state index in [2.05, 4.69) is 10.0 Å². The van der Waals surface area contributed by atoms with Crippen LogP contribution in [0.4, 0.5) is 11.4 Å². The number of halogens is 1. The van der Waals surface area contributed by atoms with Gasteiger partial charge in [-0.05, 0) is 48.0 Å². The molecule has 4 rings (SSSR count). The van der Waals surface area contributed by atoms with Gasteiger partial charge in [-0.3, -0.25) is 14.3 Å². The molecule has 170 valence electrons. The maximum Gasteiger partial charge on any atom is 0.261 e. The van der Waals surface area contributed by atoms with E-state index in [1.807, 2.05) is 30.3 Å². The Labute approximate surface area is 197 Å². The molecule has 0 radical (unpaired) electrons. The van der Waals surface area contributed by atoms with E-state index in [-0.39, 0.29) is 23.1 Å². The Balaban J connectivity index is 1.41. The van der Waals surface area contributed by atoms with Crippen molar-refractivity contribution in [1.29, 1.82) is 0 Å². The van der Waals surface area contributed by atoms with Crippen molar-refractivity contribution < 1.29 is 18.0 Å². The van der Waals surface area contributed by atoms with Crippen molar-refractivity contribution in [1.82, 2.24) is 4.90 Å². The highest BCUT2D eigenvalue weighted by atomic mass is 35.5. The van der Waals surface area contributed by atoms with Crippen LogP contribution in [0.15, 0.2) is 83.8 Å². The van der Waals surface area contributed by atoms with Gasteiger partial charge in [-0.25, -0.2) is 8.42 Å². The number of nitrogens with one attached hydrogen (secondary N) is 2. The molecular weight excluding hydrogens is 462 g/mol. The normalized spacial score (nSPS) is 16.0. The predicted octanol–water partition coefficient (Wildman–Crippen LogP) is 4.13. The number of amides is 2. The van der Waals surface area contributed by atoms with Crippen LogP contribution in [0.3, 0.4) is 0 Å². The van der Waals surface area contributed by atoms with E-state index in [0.717, 1.165) is 5.56 Å². The van der Waals surface area contributed by atoms with E-state index in [0.29, 0.717) is 29.5 Å². The molecule has 3 aromatic carbocycles. The highest BCUT2D eigenvalue weighted by molar-refractivity contribution is 7.92. The van der Waals surface area contributed by atoms with Crippen LogP contribution in [0, 0.1) is 5.92 Å². The minimum absolute atomic E-state index is 0.00320. The molecule has 1 saturated heterocycles. The van der Waals surface area contributed by atoms with E-state index in [4.69, 9.17) is 11.6 Å². The van der Waals surface area contributed by atoms with Gasteiger partial charge in [-0.2, -0.15) is 0 Å². The zero-order chi connectivity index (χ0) is 23.4. The first-order valence-electron chi connectivity index (χ1n) is 10.3. The Kier molecular flexibility index (Phi) is 6.67. The molecule has 9 heteroatoms. The third-order valence-electron chi connectivity index (χ3n) is 5.31. The SMILES string of the molecule is O=C(Nc1cccc(S(=O)(=O)Nc2ccc(Cl)cc2)c1)[C@@H]1CC(=O)N(Cc2ccccc2)C1. The van der Waals surface area contributed by atoms with Gasteiger partial charge in [0.05, 0.1) is 10.8 Å². The highest BCUT2D eigenvalue weighted by Crippen LogP contribution is 2.24. The van der Waals surface area contributed by atoms with Gasteiger partial charge in [0.25, 0.3) is 10.0 Å². The van der Waals surface area contributed by atoms with E-state index in [9.17, 15) is 18.0 Å². The molecule has 1 heterocycles. The minimum Gasteiger partial charge on any atom is -0.338 e. The van der Waals surface area contributed by atoms with Crippen molar-refractivity contribution in [3.8, 4) is 0 Å². The Morgan fingerprint density at radius 1 is 0.970 bits per heavy atom. The monoisotopic (exact) mass is 483 g/mol. The lowest BCUT2D eigenvalue weighted by atomic mass is 10.1. The molecule has 1 aliphatic heterocycles. The van der Waals surface area contributed by atoms with Crippen LogP contribution in [-0.4, -0.2) is 31.7 Å². The molecule has 1 aliphatic rings. The fourth-order valence-corrected chi connectivity index (χ4v) is 4.85. The van der Waals surface area contributed by atoms with Gasteiger partial charge in [0, 0.05) is 35.9 Å². The summed E-state index contributed by atoms with van der Waals surface area (Å²) in [5, 5.41) is 3.24. The molecule has 1 fully saturated rings. The lowest BCUT2D eigenvalue weighted by Gasteiger charge is -2.17. The van der Waals surface area contributed by atoms with Gasteiger partial charge in [-0.1, -0.05) is 48.0 Å². The molecule has 0 aromatic heterocycles. The summed E-state index contributed by atoms with van der Waals surface area (Å²) in [6, 6.07) is 21.9. The van der Waals surface area contributed by atoms with Crippen molar-refractivity contribution in [3.63, 3.8) is 0 Å². The van der Waals surface area contributed by atoms with Crippen molar-refractivity contribution in [2.45, 2.75) is 17.9 Å². The standard InChI is InChI=1S/C24H22ClN3O4S/c25-19-9-11-20(12-10-19)27-33(31,32)22-8-4-7-21(14-22)26-24(30)18-13-23(29)28(16-18)15-17-5-2-1-3-6-17/h1-12,14,18,27H,13,15-16H2,(H,26,30)/t18-/m1/s1. The number of sulfonamides is 1. The fourth-order valence-electron chi connectivity index (χ4n) is 3.62. The largest absolute Gasteiger partial charge is 0.338 e. The van der Waals surface area contributed by atoms with Crippen LogP contribution in [-0.2, 0) is 26.2 Å². The summed E-state index contributed by atoms with van der Waals surface area (Å²) in [4.78, 5) is 26.8. The Hall–Kier alpha value is -3.36. The molecule has 0 spiro atoms. The summed E-state index contributed by atoms with van der Waals surface area (Å²) in [7, 11) is -3.86. The average Bonchev–Trinajstić information content (AvgIpc) is 3.16. The molecule has 0 saturated carbocycles. The number of hydrogen-bond donors (Lipinski definition) is 2. The second kappa shape index (κ2) is 9.64. The highest BCUT2D eigenvalue weighted by Gasteiger charge is 2.34. The molecule has 0 unspecified atom stereocenters. The van der Waals surface area contributed by atoms with Gasteiger partial charge < -0.3 is 10.2 Å². The van der Waals surface area contributed by atoms with Crippen LogP contribution in [0.25, 0.3) is 0 Å². The van der Waals surface area contributed by atoms with Crippen LogP contribution in [0.1, 0.15) is 12.0 Å². The first-order valence-corrected chi connectivity index (χ1v) is 12.2. The Morgan fingerprint density at radius 2 is 1.70 bits per heavy atom. The maximum absolute atomic E-state index is 12.8. The van der Waals surface area contributed by atoms with Gasteiger partial charge in [0.2, 0.25) is 11.8 Å². The van der Waals surface area contributed by atoms with E-state index < -0.39 is 15.9 Å². The molecule has 3 aromatic rings. The van der Waals surface area contributed by atoms with Gasteiger partial charge in [0.15, 0.2) is 0 Å². The van der Waals surface area contributed by atoms with Gasteiger partial charge in [0.1, 0.15) is 0 Å². The number of rotatable bonds is 7. The number of benzene rings is 3. The number of nitrogens with zero attached hydrogens (tertiary/aromatic N) is 1. The minimum atomic E-state index is -3.86. The molecule has 33 heavy (non-hydrogen) atoms. The predicted molar refractivity (Wildman–Crippen MR) is 127 cm³/mol. The average molecular weight is 484 g/mol. The van der Waals surface area contributed by atoms with Crippen LogP contribution in [0.2, 0.25) is 5.02 Å². The molecule has 0 bridgehead atoms. The van der Waals surface area contributed by atoms with Crippen molar-refractivity contribution in [2.24, 2.45) is 5.92 Å². The third kappa shape index (κ3) is 5.71. The summed E-state index contributed by atoms with van der Waals surface area (Å²) in [6.07, 6.45) is 0.120. The maximum atomic E-state index is 12.8. The zero-order valence-corrected chi connectivity index (χ0v) is 19.1. The summed E-state index contributed by atoms with van der Waals surface area (Å²) in [6.45, 7) is 0.767. The fraction of sp³-hybridized carbons (Fsp3) is 0.167. The number of likely N-dealkylation sites (tertiary alicyclic amines) is 1. The van der Waals surface area contributed by atoms with Crippen molar-refractivity contribution >= 4 is 44.8 Å². The van der Waals surface area contributed by atoms with Crippen LogP contribution < -0.4 is 10.0 Å². The quantitative estimate of drug-likeness (QED) is 0.528. The van der Waals surface area contributed by atoms with Crippen LogP contribution in [0.5, 0.6) is 0 Å². The van der Waals surface area contributed by atoms with Crippen molar-refractivity contribution in [2.75, 3.05) is 16.6 Å². The van der Waals surface area contributed by atoms with Gasteiger partial charge >= 0.3 is 0 Å². The van der Waals surface area contributed by atoms with Crippen molar-refractivity contribution in [3.05, 3.63) is 89.4 Å². The molecule has 7 nitrogen and oxygen atoms in total. The lowest BCUT2D eigenvalue weighted by Crippen LogP contribution is -2.28. The second-order valence-electron chi connectivity index (χ2n) is 7.79. The van der Waals surface area contributed by atoms with E-state index in [1.54, 1.807) is 41.3 Å². The first kappa shape index (κ1) is 22.8. The molecule has 1 atom stereocenters. The number of anilines is 2. The number of carbonyl (C=O) groups is 2. The summed E-state index contributed by atoms with van der Waals surface area (Å²) in [5.74, 6) is -0.907. The first-order chi connectivity index (χ1) is 15.8. The molecular formula is C24H22ClN3O4S. The summed E-state index contributed by atoms with van der Waals surface area (Å²) < 4.78 is 27.9. The smallest absolute Gasteiger partial charge is 0.261 e. The summed E-state index contributed by atoms with van der Waals surface area (Å²) in [5.41, 5.74) is 1.71. The molecule has 0 aliphatic carbocycles. The van der Waals surface area contributed by atoms with Crippen LogP contribution >= 0.6 is 11.6 Å². The lowest BCUT2D eigenvalue weighted by molar-refractivity contribution is -0.128. The molecule has 2 amide bonds. The Morgan fingerprint density at radius 3 is 2.42 bits per heavy atom. The molecule has 2 N–H and O–H groups in total. The number of carbonyl (C=O) groups excluding carboxylic acids is 2.